The third-order valence-corrected chi connectivity index (χ3v) is 6.89. The summed E-state index contributed by atoms with van der Waals surface area (Å²) in [4.78, 5) is 37.9. The Bertz CT molecular complexity index is 1230. The van der Waals surface area contributed by atoms with Crippen molar-refractivity contribution in [2.75, 3.05) is 0 Å². The van der Waals surface area contributed by atoms with Gasteiger partial charge < -0.3 is 25.2 Å². The van der Waals surface area contributed by atoms with Gasteiger partial charge in [-0.25, -0.2) is 4.79 Å². The van der Waals surface area contributed by atoms with E-state index in [1.165, 1.54) is 0 Å². The molecule has 3 aromatic rings. The number of carboxylic acids is 1. The molecule has 8 nitrogen and oxygen atoms in total. The summed E-state index contributed by atoms with van der Waals surface area (Å²) in [5.41, 5.74) is 0.648. The van der Waals surface area contributed by atoms with E-state index in [0.29, 0.717) is 18.6 Å². The van der Waals surface area contributed by atoms with Crippen molar-refractivity contribution in [3.8, 4) is 11.5 Å². The van der Waals surface area contributed by atoms with E-state index < -0.39 is 29.4 Å². The Hall–Kier alpha value is -4.33. The number of hydrogen-bond donors (Lipinski definition) is 3. The van der Waals surface area contributed by atoms with Gasteiger partial charge in [0.2, 0.25) is 5.91 Å². The molecule has 4 rings (SSSR count). The number of ether oxygens (including phenoxy) is 2. The maximum absolute atomic E-state index is 13.4. The minimum Gasteiger partial charge on any atom is -0.481 e. The van der Waals surface area contributed by atoms with Gasteiger partial charge in [-0.05, 0) is 48.2 Å². The molecule has 1 aliphatic rings. The van der Waals surface area contributed by atoms with E-state index in [0.717, 1.165) is 16.9 Å². The van der Waals surface area contributed by atoms with Crippen LogP contribution in [-0.4, -0.2) is 29.1 Å². The molecule has 1 aliphatic carbocycles. The van der Waals surface area contributed by atoms with Crippen LogP contribution in [0.25, 0.3) is 0 Å². The highest BCUT2D eigenvalue weighted by Crippen LogP contribution is 2.49. The van der Waals surface area contributed by atoms with Crippen molar-refractivity contribution in [3.63, 3.8) is 0 Å². The van der Waals surface area contributed by atoms with Gasteiger partial charge in [-0.3, -0.25) is 9.59 Å². The van der Waals surface area contributed by atoms with Gasteiger partial charge in [0.25, 0.3) is 0 Å². The van der Waals surface area contributed by atoms with Crippen LogP contribution in [0.2, 0.25) is 0 Å². The lowest BCUT2D eigenvalue weighted by Crippen LogP contribution is -2.68. The Morgan fingerprint density at radius 3 is 2.16 bits per heavy atom. The first-order chi connectivity index (χ1) is 18.4. The van der Waals surface area contributed by atoms with Gasteiger partial charge in [0.15, 0.2) is 0 Å². The molecule has 3 N–H and O–H groups in total. The summed E-state index contributed by atoms with van der Waals surface area (Å²) in [6, 6.07) is 25.1. The fourth-order valence-corrected chi connectivity index (χ4v) is 4.93. The molecule has 0 aromatic heterocycles. The molecule has 0 radical (unpaired) electrons. The van der Waals surface area contributed by atoms with Crippen molar-refractivity contribution < 1.29 is 29.0 Å². The van der Waals surface area contributed by atoms with Crippen molar-refractivity contribution in [2.24, 2.45) is 11.3 Å². The second kappa shape index (κ2) is 12.3. The molecule has 0 saturated heterocycles. The van der Waals surface area contributed by atoms with Crippen molar-refractivity contribution in [1.29, 1.82) is 0 Å². The van der Waals surface area contributed by atoms with E-state index in [9.17, 15) is 19.5 Å². The Morgan fingerprint density at radius 2 is 1.53 bits per heavy atom. The zero-order valence-corrected chi connectivity index (χ0v) is 21.3. The molecule has 0 spiro atoms. The maximum atomic E-state index is 13.4. The number of carbonyl (C=O) groups is 3. The van der Waals surface area contributed by atoms with Gasteiger partial charge in [0.05, 0.1) is 17.4 Å². The summed E-state index contributed by atoms with van der Waals surface area (Å²) < 4.78 is 11.1. The van der Waals surface area contributed by atoms with Crippen LogP contribution in [-0.2, 0) is 27.5 Å². The second-order valence-corrected chi connectivity index (χ2v) is 9.48. The summed E-state index contributed by atoms with van der Waals surface area (Å²) in [5, 5.41) is 15.3. The average Bonchev–Trinajstić information content (AvgIpc) is 2.93. The summed E-state index contributed by atoms with van der Waals surface area (Å²) >= 11 is 0. The van der Waals surface area contributed by atoms with E-state index >= 15 is 0 Å². The molecule has 3 aromatic carbocycles. The van der Waals surface area contributed by atoms with Crippen LogP contribution in [0.15, 0.2) is 84.9 Å². The number of rotatable bonds is 11. The standard InChI is InChI=1S/C30H32N2O6/c1-2-17-30(18-25(27(33)34)26(30)32-29(36)37-20-22-9-5-3-6-10-22)28(35)31-19-21-13-15-24(16-14-21)38-23-11-7-4-8-12-23/h3-16,25-26H,2,17-20H2,1H3,(H,31,35)(H,32,36)(H,33,34). The summed E-state index contributed by atoms with van der Waals surface area (Å²) in [5.74, 6) is -0.795. The van der Waals surface area contributed by atoms with Gasteiger partial charge >= 0.3 is 12.1 Å². The van der Waals surface area contributed by atoms with Crippen molar-refractivity contribution >= 4 is 18.0 Å². The highest BCUT2D eigenvalue weighted by molar-refractivity contribution is 5.89. The van der Waals surface area contributed by atoms with Gasteiger partial charge in [-0.15, -0.1) is 0 Å². The highest BCUT2D eigenvalue weighted by atomic mass is 16.5. The third kappa shape index (κ3) is 6.32. The number of carbonyl (C=O) groups excluding carboxylic acids is 2. The summed E-state index contributed by atoms with van der Waals surface area (Å²) in [6.45, 7) is 2.24. The molecule has 38 heavy (non-hydrogen) atoms. The minimum absolute atomic E-state index is 0.0497. The molecule has 3 unspecified atom stereocenters. The summed E-state index contributed by atoms with van der Waals surface area (Å²) in [6.07, 6.45) is 0.501. The molecule has 8 heteroatoms. The number of benzene rings is 3. The zero-order valence-electron chi connectivity index (χ0n) is 21.3. The van der Waals surface area contributed by atoms with Gasteiger partial charge in [0, 0.05) is 6.54 Å². The summed E-state index contributed by atoms with van der Waals surface area (Å²) in [7, 11) is 0. The topological polar surface area (TPSA) is 114 Å². The normalized spacial score (nSPS) is 20.0. The lowest BCUT2D eigenvalue weighted by molar-refractivity contribution is -0.161. The zero-order chi connectivity index (χ0) is 27.0. The van der Waals surface area contributed by atoms with Gasteiger partial charge in [0.1, 0.15) is 18.1 Å². The van der Waals surface area contributed by atoms with Crippen LogP contribution >= 0.6 is 0 Å². The van der Waals surface area contributed by atoms with Crippen molar-refractivity contribution in [3.05, 3.63) is 96.1 Å². The highest BCUT2D eigenvalue weighted by Gasteiger charge is 2.61. The SMILES string of the molecule is CCCC1(C(=O)NCc2ccc(Oc3ccccc3)cc2)CC(C(=O)O)C1NC(=O)OCc1ccccc1. The molecule has 0 aliphatic heterocycles. The van der Waals surface area contributed by atoms with Crippen LogP contribution in [0.3, 0.4) is 0 Å². The van der Waals surface area contributed by atoms with E-state index in [4.69, 9.17) is 9.47 Å². The number of carboxylic acid groups (broad SMARTS) is 1. The van der Waals surface area contributed by atoms with Gasteiger partial charge in [-0.1, -0.05) is 74.0 Å². The monoisotopic (exact) mass is 516 g/mol. The first kappa shape index (κ1) is 26.7. The van der Waals surface area contributed by atoms with Crippen LogP contribution in [0.5, 0.6) is 11.5 Å². The molecule has 3 atom stereocenters. The Kier molecular flexibility index (Phi) is 8.63. The first-order valence-electron chi connectivity index (χ1n) is 12.7. The van der Waals surface area contributed by atoms with E-state index in [2.05, 4.69) is 10.6 Å². The molecule has 0 bridgehead atoms. The maximum Gasteiger partial charge on any atom is 0.407 e. The second-order valence-electron chi connectivity index (χ2n) is 9.48. The number of alkyl carbamates (subject to hydrolysis) is 1. The van der Waals surface area contributed by atoms with Crippen molar-refractivity contribution in [1.82, 2.24) is 10.6 Å². The predicted octanol–water partition coefficient (Wildman–Crippen LogP) is 5.28. The number of amides is 2. The Labute approximate surface area is 222 Å². The molecule has 0 heterocycles. The van der Waals surface area contributed by atoms with E-state index in [1.54, 1.807) is 0 Å². The first-order valence-corrected chi connectivity index (χ1v) is 12.7. The minimum atomic E-state index is -1.05. The predicted molar refractivity (Wildman–Crippen MR) is 141 cm³/mol. The van der Waals surface area contributed by atoms with Crippen LogP contribution < -0.4 is 15.4 Å². The molecule has 2 amide bonds. The smallest absolute Gasteiger partial charge is 0.407 e. The van der Waals surface area contributed by atoms with Crippen LogP contribution in [0, 0.1) is 11.3 Å². The quantitative estimate of drug-likeness (QED) is 0.320. The van der Waals surface area contributed by atoms with Gasteiger partial charge in [-0.2, -0.15) is 0 Å². The van der Waals surface area contributed by atoms with Crippen LogP contribution in [0.4, 0.5) is 4.79 Å². The number of aliphatic carboxylic acids is 1. The van der Waals surface area contributed by atoms with E-state index in [-0.39, 0.29) is 25.5 Å². The molecule has 1 saturated carbocycles. The fourth-order valence-electron chi connectivity index (χ4n) is 4.93. The Morgan fingerprint density at radius 1 is 0.895 bits per heavy atom. The molecule has 198 valence electrons. The third-order valence-electron chi connectivity index (χ3n) is 6.89. The lowest BCUT2D eigenvalue weighted by Gasteiger charge is -2.52. The average molecular weight is 517 g/mol. The fraction of sp³-hybridized carbons (Fsp3) is 0.300. The largest absolute Gasteiger partial charge is 0.481 e. The molecular weight excluding hydrogens is 484 g/mol. The number of hydrogen-bond acceptors (Lipinski definition) is 5. The van der Waals surface area contributed by atoms with Crippen LogP contribution in [0.1, 0.15) is 37.3 Å². The number of para-hydroxylation sites is 1. The Balaban J connectivity index is 1.38. The van der Waals surface area contributed by atoms with E-state index in [1.807, 2.05) is 91.9 Å². The van der Waals surface area contributed by atoms with Crippen molar-refractivity contribution in [2.45, 2.75) is 45.4 Å². The molecule has 1 fully saturated rings. The number of nitrogens with one attached hydrogen (secondary N) is 2. The lowest BCUT2D eigenvalue weighted by atomic mass is 9.55. The molecular formula is C30H32N2O6.